The molecular formula is C15H29NO. The van der Waals surface area contributed by atoms with E-state index < -0.39 is 0 Å². The molecule has 0 heterocycles. The van der Waals surface area contributed by atoms with Crippen molar-refractivity contribution in [3.8, 4) is 0 Å². The Morgan fingerprint density at radius 2 is 1.94 bits per heavy atom. The van der Waals surface area contributed by atoms with Crippen LogP contribution in [0.1, 0.15) is 71.6 Å². The number of nitrogens with two attached hydrogens (primary N) is 1. The lowest BCUT2D eigenvalue weighted by Gasteiger charge is -2.27. The van der Waals surface area contributed by atoms with Gasteiger partial charge in [0.2, 0.25) is 0 Å². The van der Waals surface area contributed by atoms with E-state index in [-0.39, 0.29) is 5.41 Å². The normalized spacial score (nSPS) is 20.4. The number of Topliss-reactive ketones (excluding diaryl/α,β-unsaturated/α-hetero) is 1. The Labute approximate surface area is 106 Å². The molecule has 0 radical (unpaired) electrons. The van der Waals surface area contributed by atoms with Gasteiger partial charge in [0.1, 0.15) is 5.78 Å². The molecule has 0 aromatic rings. The number of hydrogen-bond acceptors (Lipinski definition) is 2. The van der Waals surface area contributed by atoms with Gasteiger partial charge in [-0.1, -0.05) is 52.4 Å². The maximum absolute atomic E-state index is 12.5. The van der Waals surface area contributed by atoms with Gasteiger partial charge in [0.05, 0.1) is 0 Å². The predicted octanol–water partition coefficient (Wildman–Crippen LogP) is 3.68. The number of carbonyl (C=O) groups excluding carboxylic acids is 1. The first-order valence-electron chi connectivity index (χ1n) is 7.42. The van der Waals surface area contributed by atoms with Gasteiger partial charge in [-0.25, -0.2) is 0 Å². The molecule has 0 aliphatic heterocycles. The maximum Gasteiger partial charge on any atom is 0.140 e. The van der Waals surface area contributed by atoms with E-state index in [2.05, 4.69) is 13.8 Å². The molecule has 1 saturated carbocycles. The van der Waals surface area contributed by atoms with E-state index in [4.69, 9.17) is 5.73 Å². The fraction of sp³-hybridized carbons (Fsp3) is 0.933. The molecule has 1 atom stereocenters. The number of rotatable bonds is 8. The SMILES string of the molecule is CCCCC(CC)CC(=O)C1(CN)CCCC1. The van der Waals surface area contributed by atoms with Crippen LogP contribution in [0.15, 0.2) is 0 Å². The lowest BCUT2D eigenvalue weighted by molar-refractivity contribution is -0.129. The summed E-state index contributed by atoms with van der Waals surface area (Å²) in [7, 11) is 0. The van der Waals surface area contributed by atoms with Crippen LogP contribution in [0, 0.1) is 11.3 Å². The molecule has 0 spiro atoms. The van der Waals surface area contributed by atoms with Crippen molar-refractivity contribution < 1.29 is 4.79 Å². The van der Waals surface area contributed by atoms with Crippen LogP contribution in [0.5, 0.6) is 0 Å². The first-order chi connectivity index (χ1) is 8.18. The van der Waals surface area contributed by atoms with E-state index in [1.807, 2.05) is 0 Å². The quantitative estimate of drug-likeness (QED) is 0.702. The lowest BCUT2D eigenvalue weighted by atomic mass is 9.77. The average molecular weight is 239 g/mol. The smallest absolute Gasteiger partial charge is 0.140 e. The predicted molar refractivity (Wildman–Crippen MR) is 72.9 cm³/mol. The van der Waals surface area contributed by atoms with Gasteiger partial charge in [-0.15, -0.1) is 0 Å². The summed E-state index contributed by atoms with van der Waals surface area (Å²) >= 11 is 0. The zero-order chi connectivity index (χ0) is 12.7. The van der Waals surface area contributed by atoms with E-state index in [1.54, 1.807) is 0 Å². The second-order valence-corrected chi connectivity index (χ2v) is 5.74. The molecule has 0 amide bonds. The number of unbranched alkanes of at least 4 members (excludes halogenated alkanes) is 1. The Bertz CT molecular complexity index is 231. The third-order valence-corrected chi connectivity index (χ3v) is 4.56. The Morgan fingerprint density at radius 1 is 1.29 bits per heavy atom. The van der Waals surface area contributed by atoms with Crippen molar-refractivity contribution in [2.45, 2.75) is 71.6 Å². The molecule has 1 aliphatic rings. The van der Waals surface area contributed by atoms with E-state index in [0.717, 1.165) is 25.7 Å². The molecule has 100 valence electrons. The first-order valence-corrected chi connectivity index (χ1v) is 7.42. The highest BCUT2D eigenvalue weighted by Gasteiger charge is 2.39. The minimum Gasteiger partial charge on any atom is -0.329 e. The van der Waals surface area contributed by atoms with Crippen molar-refractivity contribution in [2.24, 2.45) is 17.1 Å². The highest BCUT2D eigenvalue weighted by Crippen LogP contribution is 2.40. The number of ketones is 1. The molecule has 0 aromatic carbocycles. The van der Waals surface area contributed by atoms with Crippen LogP contribution in [-0.4, -0.2) is 12.3 Å². The summed E-state index contributed by atoms with van der Waals surface area (Å²) in [5.74, 6) is 1.05. The van der Waals surface area contributed by atoms with Gasteiger partial charge < -0.3 is 5.73 Å². The van der Waals surface area contributed by atoms with Gasteiger partial charge in [0, 0.05) is 18.4 Å². The van der Waals surface area contributed by atoms with Crippen molar-refractivity contribution in [2.75, 3.05) is 6.54 Å². The molecular weight excluding hydrogens is 210 g/mol. The molecule has 1 fully saturated rings. The van der Waals surface area contributed by atoms with Crippen LogP contribution < -0.4 is 5.73 Å². The molecule has 1 rings (SSSR count). The van der Waals surface area contributed by atoms with E-state index in [9.17, 15) is 4.79 Å². The van der Waals surface area contributed by atoms with Crippen molar-refractivity contribution in [1.82, 2.24) is 0 Å². The molecule has 17 heavy (non-hydrogen) atoms. The highest BCUT2D eigenvalue weighted by molar-refractivity contribution is 5.85. The van der Waals surface area contributed by atoms with Crippen molar-refractivity contribution in [1.29, 1.82) is 0 Å². The summed E-state index contributed by atoms with van der Waals surface area (Å²) in [6.45, 7) is 4.99. The zero-order valence-electron chi connectivity index (χ0n) is 11.6. The second kappa shape index (κ2) is 7.15. The Morgan fingerprint density at radius 3 is 2.41 bits per heavy atom. The minimum absolute atomic E-state index is 0.139. The Hall–Kier alpha value is -0.370. The van der Waals surface area contributed by atoms with Gasteiger partial charge in [0.15, 0.2) is 0 Å². The second-order valence-electron chi connectivity index (χ2n) is 5.74. The van der Waals surface area contributed by atoms with Crippen molar-refractivity contribution in [3.05, 3.63) is 0 Å². The van der Waals surface area contributed by atoms with Crippen LogP contribution in [0.4, 0.5) is 0 Å². The van der Waals surface area contributed by atoms with Crippen LogP contribution in [0.2, 0.25) is 0 Å². The Kier molecular flexibility index (Phi) is 6.18. The lowest BCUT2D eigenvalue weighted by Crippen LogP contribution is -2.37. The van der Waals surface area contributed by atoms with Gasteiger partial charge in [-0.05, 0) is 18.8 Å². The van der Waals surface area contributed by atoms with E-state index in [0.29, 0.717) is 18.2 Å². The molecule has 2 N–H and O–H groups in total. The molecule has 2 nitrogen and oxygen atoms in total. The van der Waals surface area contributed by atoms with Crippen LogP contribution in [0.3, 0.4) is 0 Å². The molecule has 0 saturated heterocycles. The molecule has 2 heteroatoms. The number of carbonyl (C=O) groups is 1. The third kappa shape index (κ3) is 3.80. The highest BCUT2D eigenvalue weighted by atomic mass is 16.1. The van der Waals surface area contributed by atoms with Crippen LogP contribution >= 0.6 is 0 Å². The Balaban J connectivity index is 2.50. The molecule has 0 aromatic heterocycles. The van der Waals surface area contributed by atoms with Crippen LogP contribution in [0.25, 0.3) is 0 Å². The molecule has 1 aliphatic carbocycles. The maximum atomic E-state index is 12.5. The number of hydrogen-bond donors (Lipinski definition) is 1. The van der Waals surface area contributed by atoms with E-state index >= 15 is 0 Å². The summed E-state index contributed by atoms with van der Waals surface area (Å²) in [6.07, 6.45) is 10.0. The third-order valence-electron chi connectivity index (χ3n) is 4.56. The summed E-state index contributed by atoms with van der Waals surface area (Å²) < 4.78 is 0. The average Bonchev–Trinajstić information content (AvgIpc) is 2.84. The summed E-state index contributed by atoms with van der Waals surface area (Å²) in [4.78, 5) is 12.5. The minimum atomic E-state index is -0.139. The molecule has 1 unspecified atom stereocenters. The van der Waals surface area contributed by atoms with Gasteiger partial charge in [-0.2, -0.15) is 0 Å². The fourth-order valence-corrected chi connectivity index (χ4v) is 3.07. The van der Waals surface area contributed by atoms with Crippen LogP contribution in [-0.2, 0) is 4.79 Å². The van der Waals surface area contributed by atoms with Gasteiger partial charge >= 0.3 is 0 Å². The van der Waals surface area contributed by atoms with Gasteiger partial charge in [0.25, 0.3) is 0 Å². The van der Waals surface area contributed by atoms with E-state index in [1.165, 1.54) is 32.1 Å². The first kappa shape index (κ1) is 14.7. The van der Waals surface area contributed by atoms with Crippen molar-refractivity contribution >= 4 is 5.78 Å². The summed E-state index contributed by atoms with van der Waals surface area (Å²) in [5.41, 5.74) is 5.73. The monoisotopic (exact) mass is 239 g/mol. The summed E-state index contributed by atoms with van der Waals surface area (Å²) in [6, 6.07) is 0. The topological polar surface area (TPSA) is 43.1 Å². The molecule has 0 bridgehead atoms. The fourth-order valence-electron chi connectivity index (χ4n) is 3.07. The zero-order valence-corrected chi connectivity index (χ0v) is 11.6. The largest absolute Gasteiger partial charge is 0.329 e. The standard InChI is InChI=1S/C15H29NO/c1-3-5-8-13(4-2)11-14(17)15(12-16)9-6-7-10-15/h13H,3-12,16H2,1-2H3. The van der Waals surface area contributed by atoms with Crippen molar-refractivity contribution in [3.63, 3.8) is 0 Å². The van der Waals surface area contributed by atoms with Gasteiger partial charge in [-0.3, -0.25) is 4.79 Å². The summed E-state index contributed by atoms with van der Waals surface area (Å²) in [5, 5.41) is 0.